The zero-order valence-corrected chi connectivity index (χ0v) is 13.3. The monoisotopic (exact) mass is 282 g/mol. The second-order valence-electron chi connectivity index (χ2n) is 5.69. The number of carbonyl (C=O) groups is 1. The standard InChI is InChI=1S/C15H26N2O3/c1-10(2)12(9-17(4)5)16-11(3)13-7-8-14(20-13)15(18)19-6/h7-8,10-12,16H,9H2,1-6H3. The molecule has 1 N–H and O–H groups in total. The van der Waals surface area contributed by atoms with E-state index in [1.54, 1.807) is 6.07 Å². The molecule has 0 aliphatic rings. The molecule has 0 saturated heterocycles. The Labute approximate surface area is 121 Å². The Kier molecular flexibility index (Phi) is 6.23. The highest BCUT2D eigenvalue weighted by Crippen LogP contribution is 2.19. The first kappa shape index (κ1) is 16.7. The van der Waals surface area contributed by atoms with Gasteiger partial charge in [-0.25, -0.2) is 4.79 Å². The number of hydrogen-bond donors (Lipinski definition) is 1. The van der Waals surface area contributed by atoms with Crippen molar-refractivity contribution < 1.29 is 13.9 Å². The van der Waals surface area contributed by atoms with Crippen LogP contribution in [0, 0.1) is 5.92 Å². The molecule has 20 heavy (non-hydrogen) atoms. The third kappa shape index (κ3) is 4.65. The van der Waals surface area contributed by atoms with E-state index >= 15 is 0 Å². The second-order valence-corrected chi connectivity index (χ2v) is 5.69. The van der Waals surface area contributed by atoms with Crippen molar-refractivity contribution in [1.82, 2.24) is 10.2 Å². The lowest BCUT2D eigenvalue weighted by Gasteiger charge is -2.28. The Morgan fingerprint density at radius 2 is 2.00 bits per heavy atom. The van der Waals surface area contributed by atoms with E-state index in [2.05, 4.69) is 42.9 Å². The molecule has 114 valence electrons. The van der Waals surface area contributed by atoms with Crippen LogP contribution in [-0.4, -0.2) is 44.7 Å². The van der Waals surface area contributed by atoms with Crippen LogP contribution in [0.5, 0.6) is 0 Å². The highest BCUT2D eigenvalue weighted by Gasteiger charge is 2.20. The first-order valence-corrected chi connectivity index (χ1v) is 6.94. The minimum absolute atomic E-state index is 0.0424. The van der Waals surface area contributed by atoms with Crippen molar-refractivity contribution in [2.45, 2.75) is 32.9 Å². The average molecular weight is 282 g/mol. The van der Waals surface area contributed by atoms with Gasteiger partial charge in [0.05, 0.1) is 13.2 Å². The largest absolute Gasteiger partial charge is 0.463 e. The van der Waals surface area contributed by atoms with Crippen molar-refractivity contribution in [3.8, 4) is 0 Å². The highest BCUT2D eigenvalue weighted by molar-refractivity contribution is 5.86. The van der Waals surface area contributed by atoms with Gasteiger partial charge in [0.2, 0.25) is 5.76 Å². The molecule has 0 spiro atoms. The van der Waals surface area contributed by atoms with Gasteiger partial charge in [-0.05, 0) is 39.1 Å². The van der Waals surface area contributed by atoms with Crippen LogP contribution in [0.3, 0.4) is 0 Å². The van der Waals surface area contributed by atoms with Crippen LogP contribution in [-0.2, 0) is 4.74 Å². The van der Waals surface area contributed by atoms with Gasteiger partial charge in [0.1, 0.15) is 5.76 Å². The lowest BCUT2D eigenvalue weighted by molar-refractivity contribution is 0.0562. The summed E-state index contributed by atoms with van der Waals surface area (Å²) >= 11 is 0. The molecule has 2 atom stereocenters. The molecular formula is C15H26N2O3. The van der Waals surface area contributed by atoms with E-state index < -0.39 is 5.97 Å². The summed E-state index contributed by atoms with van der Waals surface area (Å²) in [4.78, 5) is 13.5. The van der Waals surface area contributed by atoms with Gasteiger partial charge in [0.25, 0.3) is 0 Å². The van der Waals surface area contributed by atoms with Crippen LogP contribution in [0.15, 0.2) is 16.5 Å². The van der Waals surface area contributed by atoms with E-state index in [1.807, 2.05) is 13.0 Å². The Balaban J connectivity index is 2.71. The molecule has 1 rings (SSSR count). The third-order valence-corrected chi connectivity index (χ3v) is 3.27. The van der Waals surface area contributed by atoms with Crippen LogP contribution in [0.25, 0.3) is 0 Å². The van der Waals surface area contributed by atoms with E-state index in [0.717, 1.165) is 12.3 Å². The fourth-order valence-electron chi connectivity index (χ4n) is 2.05. The van der Waals surface area contributed by atoms with Gasteiger partial charge in [-0.2, -0.15) is 0 Å². The summed E-state index contributed by atoms with van der Waals surface area (Å²) in [6.45, 7) is 7.36. The summed E-state index contributed by atoms with van der Waals surface area (Å²) in [7, 11) is 5.46. The maximum Gasteiger partial charge on any atom is 0.373 e. The minimum Gasteiger partial charge on any atom is -0.463 e. The van der Waals surface area contributed by atoms with E-state index in [0.29, 0.717) is 12.0 Å². The third-order valence-electron chi connectivity index (χ3n) is 3.27. The van der Waals surface area contributed by atoms with Crippen LogP contribution in [0.4, 0.5) is 0 Å². The van der Waals surface area contributed by atoms with Gasteiger partial charge in [-0.15, -0.1) is 0 Å². The normalized spacial score (nSPS) is 14.6. The van der Waals surface area contributed by atoms with Crippen molar-refractivity contribution >= 4 is 5.97 Å². The Morgan fingerprint density at radius 1 is 1.35 bits per heavy atom. The van der Waals surface area contributed by atoms with Gasteiger partial charge in [-0.1, -0.05) is 13.8 Å². The number of methoxy groups -OCH3 is 1. The molecule has 1 heterocycles. The van der Waals surface area contributed by atoms with Gasteiger partial charge in [0, 0.05) is 12.6 Å². The summed E-state index contributed by atoms with van der Waals surface area (Å²) in [5, 5.41) is 3.55. The first-order chi connectivity index (χ1) is 9.35. The quantitative estimate of drug-likeness (QED) is 0.778. The van der Waals surface area contributed by atoms with E-state index in [1.165, 1.54) is 7.11 Å². The molecule has 1 aromatic heterocycles. The maximum atomic E-state index is 11.4. The summed E-state index contributed by atoms with van der Waals surface area (Å²) in [6.07, 6.45) is 0. The molecule has 2 unspecified atom stereocenters. The van der Waals surface area contributed by atoms with Crippen LogP contribution >= 0.6 is 0 Å². The molecule has 0 saturated carbocycles. The Hall–Kier alpha value is -1.33. The van der Waals surface area contributed by atoms with Crippen LogP contribution in [0.2, 0.25) is 0 Å². The minimum atomic E-state index is -0.447. The topological polar surface area (TPSA) is 54.7 Å². The smallest absolute Gasteiger partial charge is 0.373 e. The second kappa shape index (κ2) is 7.45. The van der Waals surface area contributed by atoms with Gasteiger partial charge in [0.15, 0.2) is 0 Å². The molecule has 0 amide bonds. The number of nitrogens with zero attached hydrogens (tertiary/aromatic N) is 1. The van der Waals surface area contributed by atoms with Gasteiger partial charge in [-0.3, -0.25) is 0 Å². The van der Waals surface area contributed by atoms with Crippen molar-refractivity contribution in [2.24, 2.45) is 5.92 Å². The number of carbonyl (C=O) groups excluding carboxylic acids is 1. The molecule has 0 aliphatic carbocycles. The number of ether oxygens (including phenoxy) is 1. The number of nitrogens with one attached hydrogen (secondary N) is 1. The fourth-order valence-corrected chi connectivity index (χ4v) is 2.05. The molecular weight excluding hydrogens is 256 g/mol. The van der Waals surface area contributed by atoms with E-state index in [-0.39, 0.29) is 11.8 Å². The predicted octanol–water partition coefficient (Wildman–Crippen LogP) is 2.30. The van der Waals surface area contributed by atoms with Crippen molar-refractivity contribution in [3.63, 3.8) is 0 Å². The van der Waals surface area contributed by atoms with Gasteiger partial charge < -0.3 is 19.4 Å². The molecule has 5 nitrogen and oxygen atoms in total. The summed E-state index contributed by atoms with van der Waals surface area (Å²) < 4.78 is 10.2. The van der Waals surface area contributed by atoms with Crippen molar-refractivity contribution in [3.05, 3.63) is 23.7 Å². The molecule has 0 aliphatic heterocycles. The molecule has 0 aromatic carbocycles. The Morgan fingerprint density at radius 3 is 2.50 bits per heavy atom. The SMILES string of the molecule is COC(=O)c1ccc(C(C)NC(CN(C)C)C(C)C)o1. The summed E-state index contributed by atoms with van der Waals surface area (Å²) in [6, 6.07) is 3.86. The molecule has 5 heteroatoms. The zero-order valence-electron chi connectivity index (χ0n) is 13.3. The van der Waals surface area contributed by atoms with Crippen molar-refractivity contribution in [2.75, 3.05) is 27.7 Å². The van der Waals surface area contributed by atoms with Gasteiger partial charge >= 0.3 is 5.97 Å². The van der Waals surface area contributed by atoms with Crippen LogP contribution < -0.4 is 5.32 Å². The fraction of sp³-hybridized carbons (Fsp3) is 0.667. The first-order valence-electron chi connectivity index (χ1n) is 6.94. The van der Waals surface area contributed by atoms with Crippen molar-refractivity contribution in [1.29, 1.82) is 0 Å². The summed E-state index contributed by atoms with van der Waals surface area (Å²) in [5.41, 5.74) is 0. The lowest BCUT2D eigenvalue weighted by atomic mass is 10.0. The zero-order chi connectivity index (χ0) is 15.3. The number of hydrogen-bond acceptors (Lipinski definition) is 5. The summed E-state index contributed by atoms with van der Waals surface area (Å²) in [5.74, 6) is 1.05. The highest BCUT2D eigenvalue weighted by atomic mass is 16.5. The van der Waals surface area contributed by atoms with E-state index in [4.69, 9.17) is 4.42 Å². The lowest BCUT2D eigenvalue weighted by Crippen LogP contribution is -2.43. The molecule has 0 fully saturated rings. The molecule has 0 bridgehead atoms. The number of likely N-dealkylation sites (N-methyl/N-ethyl adjacent to an activating group) is 1. The predicted molar refractivity (Wildman–Crippen MR) is 78.8 cm³/mol. The number of esters is 1. The maximum absolute atomic E-state index is 11.4. The molecule has 0 radical (unpaired) electrons. The Bertz CT molecular complexity index is 427. The van der Waals surface area contributed by atoms with E-state index in [9.17, 15) is 4.79 Å². The number of furan rings is 1. The number of rotatable bonds is 7. The molecule has 1 aromatic rings. The van der Waals surface area contributed by atoms with Crippen LogP contribution in [0.1, 0.15) is 43.1 Å². The average Bonchev–Trinajstić information content (AvgIpc) is 2.85.